The summed E-state index contributed by atoms with van der Waals surface area (Å²) in [6.45, 7) is 2.68. The van der Waals surface area contributed by atoms with E-state index in [9.17, 15) is 18.0 Å². The minimum absolute atomic E-state index is 0.0703. The molecular weight excluding hydrogens is 349 g/mol. The summed E-state index contributed by atoms with van der Waals surface area (Å²) in [6.07, 6.45) is -0.771. The molecule has 26 heavy (non-hydrogen) atoms. The van der Waals surface area contributed by atoms with E-state index in [1.807, 2.05) is 0 Å². The average molecular weight is 366 g/mol. The molecule has 2 aromatic heterocycles. The lowest BCUT2D eigenvalue weighted by Gasteiger charge is -2.32. The Labute approximate surface area is 148 Å². The van der Waals surface area contributed by atoms with Gasteiger partial charge in [-0.15, -0.1) is 0 Å². The van der Waals surface area contributed by atoms with E-state index in [2.05, 4.69) is 15.0 Å². The number of ether oxygens (including phenoxy) is 1. The molecule has 1 fully saturated rings. The van der Waals surface area contributed by atoms with Crippen molar-refractivity contribution >= 4 is 5.91 Å². The third kappa shape index (κ3) is 4.27. The van der Waals surface area contributed by atoms with E-state index in [1.54, 1.807) is 24.1 Å². The molecule has 3 rings (SSSR count). The van der Waals surface area contributed by atoms with Crippen molar-refractivity contribution in [2.75, 3.05) is 13.1 Å². The molecule has 1 aliphatic rings. The highest BCUT2D eigenvalue weighted by Crippen LogP contribution is 2.27. The molecule has 0 saturated carbocycles. The fourth-order valence-electron chi connectivity index (χ4n) is 2.72. The summed E-state index contributed by atoms with van der Waals surface area (Å²) in [5, 5.41) is 0. The Kier molecular flexibility index (Phi) is 5.06. The van der Waals surface area contributed by atoms with Crippen molar-refractivity contribution in [1.82, 2.24) is 19.9 Å². The van der Waals surface area contributed by atoms with Crippen LogP contribution in [0, 0.1) is 6.92 Å². The monoisotopic (exact) mass is 366 g/mol. The van der Waals surface area contributed by atoms with E-state index in [0.29, 0.717) is 37.6 Å². The molecule has 0 radical (unpaired) electrons. The van der Waals surface area contributed by atoms with Gasteiger partial charge in [0, 0.05) is 44.4 Å². The molecule has 3 heterocycles. The summed E-state index contributed by atoms with van der Waals surface area (Å²) in [6, 6.07) is 3.66. The van der Waals surface area contributed by atoms with Crippen LogP contribution in [0.4, 0.5) is 13.2 Å². The van der Waals surface area contributed by atoms with Crippen molar-refractivity contribution < 1.29 is 22.7 Å². The Balaban J connectivity index is 1.56. The molecule has 0 aromatic carbocycles. The number of likely N-dealkylation sites (tertiary alicyclic amines) is 1. The largest absolute Gasteiger partial charge is 0.474 e. The van der Waals surface area contributed by atoms with Gasteiger partial charge in [0.1, 0.15) is 17.6 Å². The molecule has 0 N–H and O–H groups in total. The Hall–Kier alpha value is -2.71. The maximum atomic E-state index is 12.5. The fourth-order valence-corrected chi connectivity index (χ4v) is 2.72. The van der Waals surface area contributed by atoms with Crippen LogP contribution < -0.4 is 4.74 Å². The van der Waals surface area contributed by atoms with Gasteiger partial charge in [0.15, 0.2) is 0 Å². The van der Waals surface area contributed by atoms with E-state index in [4.69, 9.17) is 4.74 Å². The highest BCUT2D eigenvalue weighted by molar-refractivity contribution is 5.94. The minimum Gasteiger partial charge on any atom is -0.474 e. The van der Waals surface area contributed by atoms with E-state index in [-0.39, 0.29) is 17.6 Å². The number of aryl methyl sites for hydroxylation is 1. The summed E-state index contributed by atoms with van der Waals surface area (Å²) < 4.78 is 43.4. The zero-order valence-electron chi connectivity index (χ0n) is 14.0. The zero-order valence-corrected chi connectivity index (χ0v) is 14.0. The third-order valence-corrected chi connectivity index (χ3v) is 4.07. The molecule has 1 amide bonds. The predicted octanol–water partition coefficient (Wildman–Crippen LogP) is 2.88. The standard InChI is InChI=1S/C17H17F3N4O2/c1-11-21-7-4-15(23-11)26-13-5-8-24(9-6-13)16(25)12-2-3-14(22-10-12)17(18,19)20/h2-4,7,10,13H,5-6,8-9H2,1H3. The first-order chi connectivity index (χ1) is 12.3. The lowest BCUT2D eigenvalue weighted by molar-refractivity contribution is -0.141. The van der Waals surface area contributed by atoms with Crippen LogP contribution in [-0.4, -0.2) is 45.0 Å². The van der Waals surface area contributed by atoms with Crippen molar-refractivity contribution in [3.8, 4) is 5.88 Å². The molecule has 2 aromatic rings. The Morgan fingerprint density at radius 3 is 2.50 bits per heavy atom. The van der Waals surface area contributed by atoms with Crippen LogP contribution >= 0.6 is 0 Å². The molecule has 138 valence electrons. The van der Waals surface area contributed by atoms with Gasteiger partial charge in [-0.3, -0.25) is 9.78 Å². The quantitative estimate of drug-likeness (QED) is 0.836. The molecule has 1 saturated heterocycles. The maximum absolute atomic E-state index is 12.5. The second-order valence-corrected chi connectivity index (χ2v) is 5.98. The molecule has 0 spiro atoms. The SMILES string of the molecule is Cc1nccc(OC2CCN(C(=O)c3ccc(C(F)(F)F)nc3)CC2)n1. The van der Waals surface area contributed by atoms with Gasteiger partial charge in [-0.2, -0.15) is 18.2 Å². The van der Waals surface area contributed by atoms with Gasteiger partial charge in [0.25, 0.3) is 5.91 Å². The Morgan fingerprint density at radius 1 is 1.19 bits per heavy atom. The average Bonchev–Trinajstić information content (AvgIpc) is 2.61. The first-order valence-corrected chi connectivity index (χ1v) is 8.12. The van der Waals surface area contributed by atoms with Crippen molar-refractivity contribution in [3.05, 3.63) is 47.7 Å². The van der Waals surface area contributed by atoms with E-state index < -0.39 is 11.9 Å². The lowest BCUT2D eigenvalue weighted by Crippen LogP contribution is -2.41. The number of carbonyl (C=O) groups excluding carboxylic acids is 1. The van der Waals surface area contributed by atoms with Crippen LogP contribution in [0.1, 0.15) is 34.7 Å². The smallest absolute Gasteiger partial charge is 0.433 e. The van der Waals surface area contributed by atoms with Gasteiger partial charge in [0.05, 0.1) is 5.56 Å². The number of hydrogen-bond acceptors (Lipinski definition) is 5. The second kappa shape index (κ2) is 7.27. The molecular formula is C17H17F3N4O2. The number of amides is 1. The number of halogens is 3. The molecule has 1 aliphatic heterocycles. The lowest BCUT2D eigenvalue weighted by atomic mass is 10.1. The first-order valence-electron chi connectivity index (χ1n) is 8.12. The maximum Gasteiger partial charge on any atom is 0.433 e. The summed E-state index contributed by atoms with van der Waals surface area (Å²) in [7, 11) is 0. The van der Waals surface area contributed by atoms with Gasteiger partial charge in [0.2, 0.25) is 5.88 Å². The molecule has 0 unspecified atom stereocenters. The minimum atomic E-state index is -4.52. The number of nitrogens with zero attached hydrogens (tertiary/aromatic N) is 4. The molecule has 6 nitrogen and oxygen atoms in total. The summed E-state index contributed by atoms with van der Waals surface area (Å²) >= 11 is 0. The third-order valence-electron chi connectivity index (χ3n) is 4.07. The fraction of sp³-hybridized carbons (Fsp3) is 0.412. The number of piperidine rings is 1. The summed E-state index contributed by atoms with van der Waals surface area (Å²) in [5.74, 6) is 0.779. The molecule has 0 aliphatic carbocycles. The predicted molar refractivity (Wildman–Crippen MR) is 85.6 cm³/mol. The zero-order chi connectivity index (χ0) is 18.7. The van der Waals surface area contributed by atoms with Gasteiger partial charge >= 0.3 is 6.18 Å². The van der Waals surface area contributed by atoms with Crippen LogP contribution in [0.25, 0.3) is 0 Å². The number of carbonyl (C=O) groups is 1. The van der Waals surface area contributed by atoms with Gasteiger partial charge in [-0.05, 0) is 19.1 Å². The van der Waals surface area contributed by atoms with E-state index in [1.165, 1.54) is 0 Å². The van der Waals surface area contributed by atoms with Gasteiger partial charge in [-0.25, -0.2) is 4.98 Å². The topological polar surface area (TPSA) is 68.2 Å². The normalized spacial score (nSPS) is 15.8. The van der Waals surface area contributed by atoms with Gasteiger partial charge in [-0.1, -0.05) is 0 Å². The number of rotatable bonds is 3. The van der Waals surface area contributed by atoms with Crippen molar-refractivity contribution in [3.63, 3.8) is 0 Å². The van der Waals surface area contributed by atoms with Crippen LogP contribution in [0.15, 0.2) is 30.6 Å². The van der Waals surface area contributed by atoms with Crippen molar-refractivity contribution in [2.24, 2.45) is 0 Å². The number of hydrogen-bond donors (Lipinski definition) is 0. The summed E-state index contributed by atoms with van der Waals surface area (Å²) in [4.78, 5) is 25.5. The molecule has 9 heteroatoms. The second-order valence-electron chi connectivity index (χ2n) is 5.98. The number of alkyl halides is 3. The Bertz CT molecular complexity index is 772. The van der Waals surface area contributed by atoms with Crippen LogP contribution in [0.3, 0.4) is 0 Å². The van der Waals surface area contributed by atoms with Gasteiger partial charge < -0.3 is 9.64 Å². The molecule has 0 bridgehead atoms. The highest BCUT2D eigenvalue weighted by Gasteiger charge is 2.32. The van der Waals surface area contributed by atoms with E-state index >= 15 is 0 Å². The van der Waals surface area contributed by atoms with Crippen LogP contribution in [0.5, 0.6) is 5.88 Å². The Morgan fingerprint density at radius 2 is 1.92 bits per heavy atom. The van der Waals surface area contributed by atoms with E-state index in [0.717, 1.165) is 18.3 Å². The van der Waals surface area contributed by atoms with Crippen molar-refractivity contribution in [2.45, 2.75) is 32.0 Å². The van der Waals surface area contributed by atoms with Crippen LogP contribution in [-0.2, 0) is 6.18 Å². The van der Waals surface area contributed by atoms with Crippen molar-refractivity contribution in [1.29, 1.82) is 0 Å². The molecule has 0 atom stereocenters. The number of pyridine rings is 1. The first kappa shape index (κ1) is 18.1. The highest BCUT2D eigenvalue weighted by atomic mass is 19.4. The number of aromatic nitrogens is 3. The summed E-state index contributed by atoms with van der Waals surface area (Å²) in [5.41, 5.74) is -0.870. The van der Waals surface area contributed by atoms with Crippen LogP contribution in [0.2, 0.25) is 0 Å².